The van der Waals surface area contributed by atoms with Crippen LogP contribution in [0.1, 0.15) is 35.7 Å². The van der Waals surface area contributed by atoms with Crippen LogP contribution in [0.5, 0.6) is 5.75 Å². The van der Waals surface area contributed by atoms with Gasteiger partial charge in [-0.1, -0.05) is 19.9 Å². The van der Waals surface area contributed by atoms with Crippen LogP contribution in [-0.2, 0) is 0 Å². The Labute approximate surface area is 106 Å². The minimum absolute atomic E-state index is 0.414. The monoisotopic (exact) mass is 244 g/mol. The second-order valence-corrected chi connectivity index (χ2v) is 4.43. The van der Waals surface area contributed by atoms with Gasteiger partial charge in [-0.3, -0.25) is 9.89 Å². The van der Waals surface area contributed by atoms with Gasteiger partial charge in [0.05, 0.1) is 24.6 Å². The van der Waals surface area contributed by atoms with Crippen LogP contribution in [0.3, 0.4) is 0 Å². The third kappa shape index (κ3) is 2.14. The number of carbonyl (C=O) groups excluding carboxylic acids is 1. The summed E-state index contributed by atoms with van der Waals surface area (Å²) in [5.41, 5.74) is 3.29. The highest BCUT2D eigenvalue weighted by Gasteiger charge is 2.13. The molecule has 0 amide bonds. The molecule has 1 aromatic heterocycles. The number of nitrogens with zero attached hydrogens (tertiary/aromatic N) is 1. The third-order valence-corrected chi connectivity index (χ3v) is 2.96. The van der Waals surface area contributed by atoms with Crippen molar-refractivity contribution in [1.82, 2.24) is 10.2 Å². The Kier molecular flexibility index (Phi) is 3.46. The lowest BCUT2D eigenvalue weighted by Gasteiger charge is -2.12. The molecule has 0 saturated heterocycles. The Morgan fingerprint density at radius 3 is 2.78 bits per heavy atom. The molecule has 0 aliphatic rings. The SMILES string of the molecule is COc1ccc(C(C)C)cc1-c1[nH]ncc1C=O. The summed E-state index contributed by atoms with van der Waals surface area (Å²) in [7, 11) is 1.62. The van der Waals surface area contributed by atoms with E-state index in [0.717, 1.165) is 17.6 Å². The predicted molar refractivity (Wildman–Crippen MR) is 70.1 cm³/mol. The normalized spacial score (nSPS) is 10.7. The first kappa shape index (κ1) is 12.4. The number of H-pyrrole nitrogens is 1. The first-order chi connectivity index (χ1) is 8.67. The summed E-state index contributed by atoms with van der Waals surface area (Å²) in [5, 5.41) is 6.76. The number of aromatic nitrogens is 2. The lowest BCUT2D eigenvalue weighted by molar-refractivity contribution is 0.112. The van der Waals surface area contributed by atoms with E-state index in [9.17, 15) is 4.79 Å². The predicted octanol–water partition coefficient (Wildman–Crippen LogP) is 3.02. The van der Waals surface area contributed by atoms with Crippen LogP contribution in [0.25, 0.3) is 11.3 Å². The van der Waals surface area contributed by atoms with E-state index in [1.165, 1.54) is 11.8 Å². The quantitative estimate of drug-likeness (QED) is 0.841. The standard InChI is InChI=1S/C14H16N2O2/c1-9(2)10-4-5-13(18-3)12(6-10)14-11(8-17)7-15-16-14/h4-9H,1-3H3,(H,15,16). The molecule has 0 aliphatic carbocycles. The van der Waals surface area contributed by atoms with E-state index in [0.29, 0.717) is 17.2 Å². The van der Waals surface area contributed by atoms with E-state index >= 15 is 0 Å². The number of benzene rings is 1. The smallest absolute Gasteiger partial charge is 0.153 e. The van der Waals surface area contributed by atoms with Gasteiger partial charge in [0.15, 0.2) is 6.29 Å². The summed E-state index contributed by atoms with van der Waals surface area (Å²) < 4.78 is 5.34. The van der Waals surface area contributed by atoms with Crippen LogP contribution < -0.4 is 4.74 Å². The summed E-state index contributed by atoms with van der Waals surface area (Å²) in [6, 6.07) is 5.98. The van der Waals surface area contributed by atoms with Crippen molar-refractivity contribution >= 4 is 6.29 Å². The van der Waals surface area contributed by atoms with Gasteiger partial charge in [0.1, 0.15) is 5.75 Å². The highest BCUT2D eigenvalue weighted by atomic mass is 16.5. The second-order valence-electron chi connectivity index (χ2n) is 4.43. The molecule has 1 N–H and O–H groups in total. The van der Waals surface area contributed by atoms with Gasteiger partial charge in [-0.2, -0.15) is 5.10 Å². The zero-order valence-electron chi connectivity index (χ0n) is 10.7. The van der Waals surface area contributed by atoms with Crippen molar-refractivity contribution < 1.29 is 9.53 Å². The Bertz CT molecular complexity index is 559. The van der Waals surface area contributed by atoms with Crippen LogP contribution in [0.15, 0.2) is 24.4 Å². The van der Waals surface area contributed by atoms with E-state index < -0.39 is 0 Å². The molecule has 2 rings (SSSR count). The fourth-order valence-electron chi connectivity index (χ4n) is 1.88. The number of aldehydes is 1. The van der Waals surface area contributed by atoms with E-state index in [2.05, 4.69) is 24.0 Å². The number of carbonyl (C=O) groups is 1. The average molecular weight is 244 g/mol. The van der Waals surface area contributed by atoms with Crippen LogP contribution in [0.4, 0.5) is 0 Å². The van der Waals surface area contributed by atoms with E-state index in [1.54, 1.807) is 7.11 Å². The zero-order valence-corrected chi connectivity index (χ0v) is 10.7. The number of ether oxygens (including phenoxy) is 1. The van der Waals surface area contributed by atoms with Crippen molar-refractivity contribution in [3.8, 4) is 17.0 Å². The van der Waals surface area contributed by atoms with E-state index in [-0.39, 0.29) is 0 Å². The minimum Gasteiger partial charge on any atom is -0.496 e. The maximum absolute atomic E-state index is 11.0. The molecule has 1 aromatic carbocycles. The summed E-state index contributed by atoms with van der Waals surface area (Å²) in [6.45, 7) is 4.25. The lowest BCUT2D eigenvalue weighted by Crippen LogP contribution is -1.94. The topological polar surface area (TPSA) is 55.0 Å². The summed E-state index contributed by atoms with van der Waals surface area (Å²) in [4.78, 5) is 11.0. The zero-order chi connectivity index (χ0) is 13.1. The Morgan fingerprint density at radius 1 is 1.39 bits per heavy atom. The molecule has 4 heteroatoms. The van der Waals surface area contributed by atoms with Crippen molar-refractivity contribution in [3.05, 3.63) is 35.5 Å². The Balaban J connectivity index is 2.60. The molecule has 18 heavy (non-hydrogen) atoms. The van der Waals surface area contributed by atoms with Crippen molar-refractivity contribution in [1.29, 1.82) is 0 Å². The molecular weight excluding hydrogens is 228 g/mol. The number of nitrogens with one attached hydrogen (secondary N) is 1. The van der Waals surface area contributed by atoms with Crippen molar-refractivity contribution in [2.75, 3.05) is 7.11 Å². The molecule has 0 atom stereocenters. The summed E-state index contributed by atoms with van der Waals surface area (Å²) >= 11 is 0. The molecule has 0 radical (unpaired) electrons. The molecule has 2 aromatic rings. The molecule has 0 unspecified atom stereocenters. The molecule has 4 nitrogen and oxygen atoms in total. The van der Waals surface area contributed by atoms with Crippen molar-refractivity contribution in [2.45, 2.75) is 19.8 Å². The van der Waals surface area contributed by atoms with Gasteiger partial charge in [-0.05, 0) is 23.6 Å². The van der Waals surface area contributed by atoms with Crippen molar-refractivity contribution in [3.63, 3.8) is 0 Å². The molecule has 0 spiro atoms. The largest absolute Gasteiger partial charge is 0.496 e. The van der Waals surface area contributed by atoms with Crippen LogP contribution in [-0.4, -0.2) is 23.6 Å². The number of hydrogen-bond acceptors (Lipinski definition) is 3. The highest BCUT2D eigenvalue weighted by molar-refractivity contribution is 5.87. The van der Waals surface area contributed by atoms with Gasteiger partial charge in [0.25, 0.3) is 0 Å². The third-order valence-electron chi connectivity index (χ3n) is 2.96. The van der Waals surface area contributed by atoms with Gasteiger partial charge < -0.3 is 4.74 Å². The fraction of sp³-hybridized carbons (Fsp3) is 0.286. The van der Waals surface area contributed by atoms with Crippen LogP contribution in [0, 0.1) is 0 Å². The number of aromatic amines is 1. The molecule has 0 aliphatic heterocycles. The van der Waals surface area contributed by atoms with Gasteiger partial charge >= 0.3 is 0 Å². The number of hydrogen-bond donors (Lipinski definition) is 1. The first-order valence-electron chi connectivity index (χ1n) is 5.84. The summed E-state index contributed by atoms with van der Waals surface area (Å²) in [6.07, 6.45) is 2.31. The maximum Gasteiger partial charge on any atom is 0.153 e. The van der Waals surface area contributed by atoms with Gasteiger partial charge in [0.2, 0.25) is 0 Å². The maximum atomic E-state index is 11.0. The van der Waals surface area contributed by atoms with Crippen LogP contribution >= 0.6 is 0 Å². The molecule has 0 saturated carbocycles. The van der Waals surface area contributed by atoms with Crippen molar-refractivity contribution in [2.24, 2.45) is 0 Å². The van der Waals surface area contributed by atoms with Gasteiger partial charge in [-0.15, -0.1) is 0 Å². The average Bonchev–Trinajstić information content (AvgIpc) is 2.85. The molecule has 0 bridgehead atoms. The van der Waals surface area contributed by atoms with Gasteiger partial charge in [0, 0.05) is 5.56 Å². The fourth-order valence-corrected chi connectivity index (χ4v) is 1.88. The van der Waals surface area contributed by atoms with Gasteiger partial charge in [-0.25, -0.2) is 0 Å². The number of rotatable bonds is 4. The molecular formula is C14H16N2O2. The minimum atomic E-state index is 0.414. The van der Waals surface area contributed by atoms with E-state index in [1.807, 2.05) is 18.2 Å². The summed E-state index contributed by atoms with van der Waals surface area (Å²) in [5.74, 6) is 1.14. The highest BCUT2D eigenvalue weighted by Crippen LogP contribution is 2.33. The molecule has 1 heterocycles. The van der Waals surface area contributed by atoms with Crippen LogP contribution in [0.2, 0.25) is 0 Å². The van der Waals surface area contributed by atoms with E-state index in [4.69, 9.17) is 4.74 Å². The number of methoxy groups -OCH3 is 1. The Hall–Kier alpha value is -2.10. The molecule has 0 fully saturated rings. The lowest BCUT2D eigenvalue weighted by atomic mass is 9.98. The Morgan fingerprint density at radius 2 is 2.17 bits per heavy atom. The second kappa shape index (κ2) is 5.04. The first-order valence-corrected chi connectivity index (χ1v) is 5.84. The molecule has 94 valence electrons.